The molecular weight excluding hydrogens is 298 g/mol. The van der Waals surface area contributed by atoms with Gasteiger partial charge in [-0.1, -0.05) is 30.3 Å². The van der Waals surface area contributed by atoms with E-state index in [2.05, 4.69) is 5.32 Å². The van der Waals surface area contributed by atoms with Crippen molar-refractivity contribution in [1.29, 1.82) is 0 Å². The van der Waals surface area contributed by atoms with Crippen LogP contribution in [0.2, 0.25) is 0 Å². The number of aliphatic carboxylic acids is 1. The molecule has 2 rings (SSSR count). The Balaban J connectivity index is 1.97. The highest BCUT2D eigenvalue weighted by Crippen LogP contribution is 2.20. The molecule has 0 saturated heterocycles. The van der Waals surface area contributed by atoms with Crippen molar-refractivity contribution in [1.82, 2.24) is 5.32 Å². The van der Waals surface area contributed by atoms with Crippen LogP contribution in [0.25, 0.3) is 0 Å². The molecule has 5 heteroatoms. The van der Waals surface area contributed by atoms with Crippen molar-refractivity contribution >= 4 is 23.2 Å². The van der Waals surface area contributed by atoms with Crippen LogP contribution in [0.3, 0.4) is 0 Å². The first-order chi connectivity index (χ1) is 10.5. The molecule has 0 bridgehead atoms. The van der Waals surface area contributed by atoms with Gasteiger partial charge in [0.15, 0.2) is 0 Å². The Morgan fingerprint density at radius 3 is 2.45 bits per heavy atom. The number of thiophene rings is 1. The van der Waals surface area contributed by atoms with E-state index in [1.54, 1.807) is 0 Å². The van der Waals surface area contributed by atoms with Gasteiger partial charge < -0.3 is 10.4 Å². The van der Waals surface area contributed by atoms with Gasteiger partial charge in [0, 0.05) is 11.4 Å². The monoisotopic (exact) mass is 317 g/mol. The average Bonchev–Trinajstić information content (AvgIpc) is 2.83. The summed E-state index contributed by atoms with van der Waals surface area (Å²) in [5, 5.41) is 12.0. The smallest absolute Gasteiger partial charge is 0.308 e. The first-order valence-electron chi connectivity index (χ1n) is 7.09. The third-order valence-corrected chi connectivity index (χ3v) is 4.72. The average molecular weight is 317 g/mol. The summed E-state index contributed by atoms with van der Waals surface area (Å²) in [5.41, 5.74) is 2.03. The molecule has 0 aliphatic carbocycles. The van der Waals surface area contributed by atoms with E-state index in [9.17, 15) is 14.7 Å². The molecule has 0 aliphatic rings. The molecule has 22 heavy (non-hydrogen) atoms. The highest BCUT2D eigenvalue weighted by molar-refractivity contribution is 7.14. The van der Waals surface area contributed by atoms with Crippen molar-refractivity contribution in [2.75, 3.05) is 6.54 Å². The van der Waals surface area contributed by atoms with Gasteiger partial charge in [-0.15, -0.1) is 11.3 Å². The topological polar surface area (TPSA) is 66.4 Å². The first kappa shape index (κ1) is 16.2. The molecule has 0 fully saturated rings. The second kappa shape index (κ2) is 7.22. The minimum atomic E-state index is -0.900. The predicted molar refractivity (Wildman–Crippen MR) is 87.4 cm³/mol. The summed E-state index contributed by atoms with van der Waals surface area (Å²) < 4.78 is 0. The Morgan fingerprint density at radius 2 is 1.91 bits per heavy atom. The number of carboxylic acids is 1. The third kappa shape index (κ3) is 4.18. The van der Waals surface area contributed by atoms with E-state index >= 15 is 0 Å². The third-order valence-electron chi connectivity index (χ3n) is 3.57. The molecule has 1 amide bonds. The van der Waals surface area contributed by atoms with Crippen LogP contribution in [0, 0.1) is 19.8 Å². The first-order valence-corrected chi connectivity index (χ1v) is 7.91. The molecule has 116 valence electrons. The van der Waals surface area contributed by atoms with Crippen molar-refractivity contribution in [3.8, 4) is 0 Å². The maximum Gasteiger partial charge on any atom is 0.308 e. The number of carbonyl (C=O) groups excluding carboxylic acids is 1. The standard InChI is InChI=1S/C17H19NO3S/c1-11-8-15(22-12(11)2)16(19)18-10-14(17(20)21)9-13-6-4-3-5-7-13/h3-8,14H,9-10H2,1-2H3,(H,18,19)(H,20,21)/t14-/m0/s1. The molecular formula is C17H19NO3S. The number of benzene rings is 1. The largest absolute Gasteiger partial charge is 0.481 e. The number of carbonyl (C=O) groups is 2. The van der Waals surface area contributed by atoms with Gasteiger partial charge in [0.1, 0.15) is 0 Å². The molecule has 0 saturated carbocycles. The molecule has 2 aromatic rings. The number of rotatable bonds is 6. The highest BCUT2D eigenvalue weighted by Gasteiger charge is 2.20. The molecule has 1 atom stereocenters. The molecule has 4 nitrogen and oxygen atoms in total. The van der Waals surface area contributed by atoms with E-state index < -0.39 is 11.9 Å². The van der Waals surface area contributed by atoms with E-state index in [-0.39, 0.29) is 12.5 Å². The van der Waals surface area contributed by atoms with E-state index in [0.717, 1.165) is 16.0 Å². The summed E-state index contributed by atoms with van der Waals surface area (Å²) in [5.74, 6) is -1.74. The summed E-state index contributed by atoms with van der Waals surface area (Å²) in [6.07, 6.45) is 0.402. The number of amides is 1. The van der Waals surface area contributed by atoms with Crippen molar-refractivity contribution in [2.45, 2.75) is 20.3 Å². The molecule has 1 aromatic heterocycles. The quantitative estimate of drug-likeness (QED) is 0.860. The lowest BCUT2D eigenvalue weighted by Crippen LogP contribution is -2.33. The summed E-state index contributed by atoms with van der Waals surface area (Å²) in [6.45, 7) is 4.05. The van der Waals surface area contributed by atoms with Crippen LogP contribution < -0.4 is 5.32 Å². The number of hydrogen-bond donors (Lipinski definition) is 2. The van der Waals surface area contributed by atoms with Crippen LogP contribution in [0.5, 0.6) is 0 Å². The Bertz CT molecular complexity index is 644. The van der Waals surface area contributed by atoms with Crippen LogP contribution in [-0.2, 0) is 11.2 Å². The Kier molecular flexibility index (Phi) is 5.33. The number of hydrogen-bond acceptors (Lipinski definition) is 3. The highest BCUT2D eigenvalue weighted by atomic mass is 32.1. The zero-order chi connectivity index (χ0) is 16.1. The molecule has 0 aliphatic heterocycles. The Labute approximate surface area is 133 Å². The second-order valence-corrected chi connectivity index (χ2v) is 6.54. The van der Waals surface area contributed by atoms with Gasteiger partial charge in [0.05, 0.1) is 10.8 Å². The lowest BCUT2D eigenvalue weighted by Gasteiger charge is -2.13. The lowest BCUT2D eigenvalue weighted by molar-refractivity contribution is -0.141. The minimum Gasteiger partial charge on any atom is -0.481 e. The zero-order valence-corrected chi connectivity index (χ0v) is 13.4. The van der Waals surface area contributed by atoms with Crippen molar-refractivity contribution in [2.24, 2.45) is 5.92 Å². The SMILES string of the molecule is Cc1cc(C(=O)NC[C@H](Cc2ccccc2)C(=O)O)sc1C. The van der Waals surface area contributed by atoms with Gasteiger partial charge in [0.2, 0.25) is 0 Å². The molecule has 1 aromatic carbocycles. The molecule has 1 heterocycles. The molecule has 0 radical (unpaired) electrons. The van der Waals surface area contributed by atoms with Crippen molar-refractivity contribution < 1.29 is 14.7 Å². The summed E-state index contributed by atoms with van der Waals surface area (Å²) in [4.78, 5) is 25.2. The van der Waals surface area contributed by atoms with E-state index in [1.807, 2.05) is 50.2 Å². The second-order valence-electron chi connectivity index (χ2n) is 5.28. The fourth-order valence-corrected chi connectivity index (χ4v) is 3.08. The zero-order valence-electron chi connectivity index (χ0n) is 12.6. The lowest BCUT2D eigenvalue weighted by atomic mass is 9.99. The van der Waals surface area contributed by atoms with E-state index in [0.29, 0.717) is 11.3 Å². The fraction of sp³-hybridized carbons (Fsp3) is 0.294. The maximum absolute atomic E-state index is 12.1. The Morgan fingerprint density at radius 1 is 1.23 bits per heavy atom. The number of nitrogens with one attached hydrogen (secondary N) is 1. The van der Waals surface area contributed by atoms with Crippen molar-refractivity contribution in [3.63, 3.8) is 0 Å². The summed E-state index contributed by atoms with van der Waals surface area (Å²) in [7, 11) is 0. The van der Waals surface area contributed by atoms with E-state index in [4.69, 9.17) is 0 Å². The van der Waals surface area contributed by atoms with Crippen molar-refractivity contribution in [3.05, 3.63) is 57.3 Å². The summed E-state index contributed by atoms with van der Waals surface area (Å²) in [6, 6.07) is 11.3. The van der Waals surface area contributed by atoms with Gasteiger partial charge in [-0.05, 0) is 37.5 Å². The van der Waals surface area contributed by atoms with Crippen LogP contribution in [-0.4, -0.2) is 23.5 Å². The molecule has 2 N–H and O–H groups in total. The Hall–Kier alpha value is -2.14. The van der Waals surface area contributed by atoms with Gasteiger partial charge in [0.25, 0.3) is 5.91 Å². The van der Waals surface area contributed by atoms with Gasteiger partial charge in [-0.25, -0.2) is 0 Å². The van der Waals surface area contributed by atoms with Gasteiger partial charge in [-0.3, -0.25) is 9.59 Å². The molecule has 0 unspecified atom stereocenters. The fourth-order valence-electron chi connectivity index (χ4n) is 2.13. The van der Waals surface area contributed by atoms with Crippen LogP contribution in [0.4, 0.5) is 0 Å². The van der Waals surface area contributed by atoms with Crippen LogP contribution >= 0.6 is 11.3 Å². The summed E-state index contributed by atoms with van der Waals surface area (Å²) >= 11 is 1.43. The van der Waals surface area contributed by atoms with E-state index in [1.165, 1.54) is 11.3 Å². The predicted octanol–water partition coefficient (Wildman–Crippen LogP) is 3.04. The van der Waals surface area contributed by atoms with Gasteiger partial charge in [-0.2, -0.15) is 0 Å². The number of aryl methyl sites for hydroxylation is 2. The van der Waals surface area contributed by atoms with Crippen LogP contribution in [0.1, 0.15) is 25.7 Å². The van der Waals surface area contributed by atoms with Crippen LogP contribution in [0.15, 0.2) is 36.4 Å². The van der Waals surface area contributed by atoms with Gasteiger partial charge >= 0.3 is 5.97 Å². The maximum atomic E-state index is 12.1. The molecule has 0 spiro atoms. The minimum absolute atomic E-state index is 0.124. The number of carboxylic acid groups (broad SMARTS) is 1. The normalized spacial score (nSPS) is 11.9.